The first-order chi connectivity index (χ1) is 17.4. The Morgan fingerprint density at radius 2 is 1.14 bits per heavy atom. The lowest BCUT2D eigenvalue weighted by Gasteiger charge is -2.15. The highest BCUT2D eigenvalue weighted by molar-refractivity contribution is 7.14. The van der Waals surface area contributed by atoms with Crippen LogP contribution >= 0.6 is 11.3 Å². The summed E-state index contributed by atoms with van der Waals surface area (Å²) >= 11 is 1.50. The molecule has 2 aromatic heterocycles. The molecule has 1 N–H and O–H groups in total. The van der Waals surface area contributed by atoms with Crippen LogP contribution in [0, 0.1) is 20.8 Å². The van der Waals surface area contributed by atoms with Crippen molar-refractivity contribution in [3.8, 4) is 0 Å². The molecule has 5 rings (SSSR count). The van der Waals surface area contributed by atoms with Gasteiger partial charge in [0.15, 0.2) is 0 Å². The van der Waals surface area contributed by atoms with Crippen LogP contribution in [0.5, 0.6) is 0 Å². The zero-order chi connectivity index (χ0) is 25.2. The predicted octanol–water partition coefficient (Wildman–Crippen LogP) is 7.64. The van der Waals surface area contributed by atoms with Crippen molar-refractivity contribution in [1.29, 1.82) is 0 Å². The molecule has 1 unspecified atom stereocenters. The summed E-state index contributed by atoms with van der Waals surface area (Å²) < 4.78 is 0. The molecule has 36 heavy (non-hydrogen) atoms. The van der Waals surface area contributed by atoms with E-state index in [0.717, 1.165) is 27.3 Å². The average Bonchev–Trinajstić information content (AvgIpc) is 3.56. The van der Waals surface area contributed by atoms with Crippen LogP contribution in [0.25, 0.3) is 0 Å². The minimum atomic E-state index is -0.116. The normalized spacial score (nSPS) is 11.9. The molecule has 1 atom stereocenters. The molecule has 0 fully saturated rings. The summed E-state index contributed by atoms with van der Waals surface area (Å²) in [5, 5.41) is 0. The van der Waals surface area contributed by atoms with E-state index in [-0.39, 0.29) is 17.5 Å². The highest BCUT2D eigenvalue weighted by atomic mass is 32.1. The number of thiophene rings is 1. The lowest BCUT2D eigenvalue weighted by atomic mass is 9.93. The van der Waals surface area contributed by atoms with Crippen molar-refractivity contribution < 1.29 is 9.59 Å². The summed E-state index contributed by atoms with van der Waals surface area (Å²) in [6.45, 7) is 6.08. The molecular weight excluding hydrogens is 462 g/mol. The number of ketones is 2. The number of nitrogens with one attached hydrogen (secondary N) is 1. The van der Waals surface area contributed by atoms with Crippen LogP contribution in [-0.2, 0) is 0 Å². The second kappa shape index (κ2) is 9.92. The molecule has 4 heteroatoms. The van der Waals surface area contributed by atoms with Gasteiger partial charge in [0.25, 0.3) is 0 Å². The summed E-state index contributed by atoms with van der Waals surface area (Å²) in [4.78, 5) is 31.4. The predicted molar refractivity (Wildman–Crippen MR) is 146 cm³/mol. The molecule has 3 nitrogen and oxygen atoms in total. The molecule has 2 heterocycles. The van der Waals surface area contributed by atoms with Crippen LogP contribution in [0.2, 0.25) is 0 Å². The first kappa shape index (κ1) is 23.7. The van der Waals surface area contributed by atoms with Gasteiger partial charge in [0.1, 0.15) is 0 Å². The monoisotopic (exact) mass is 489 g/mol. The quantitative estimate of drug-likeness (QED) is 0.239. The van der Waals surface area contributed by atoms with Gasteiger partial charge in [0.2, 0.25) is 11.6 Å². The zero-order valence-corrected chi connectivity index (χ0v) is 21.4. The van der Waals surface area contributed by atoms with Crippen LogP contribution < -0.4 is 0 Å². The van der Waals surface area contributed by atoms with Gasteiger partial charge < -0.3 is 4.98 Å². The molecule has 0 aliphatic rings. The van der Waals surface area contributed by atoms with E-state index in [1.807, 2.05) is 86.6 Å². The maximum absolute atomic E-state index is 13.1. The van der Waals surface area contributed by atoms with Gasteiger partial charge in [0.05, 0.1) is 16.5 Å². The average molecular weight is 490 g/mol. The fourth-order valence-corrected chi connectivity index (χ4v) is 5.42. The summed E-state index contributed by atoms with van der Waals surface area (Å²) in [5.41, 5.74) is 7.35. The van der Waals surface area contributed by atoms with Gasteiger partial charge in [-0.2, -0.15) is 0 Å². The summed E-state index contributed by atoms with van der Waals surface area (Å²) in [6.07, 6.45) is 0. The van der Waals surface area contributed by atoms with Crippen molar-refractivity contribution in [2.24, 2.45) is 0 Å². The molecule has 0 spiro atoms. The number of hydrogen-bond acceptors (Lipinski definition) is 3. The molecule has 0 aliphatic carbocycles. The number of benzene rings is 3. The first-order valence-electron chi connectivity index (χ1n) is 12.0. The molecule has 0 saturated heterocycles. The fourth-order valence-electron chi connectivity index (χ4n) is 4.31. The van der Waals surface area contributed by atoms with Gasteiger partial charge in [0, 0.05) is 21.7 Å². The molecule has 0 radical (unpaired) electrons. The highest BCUT2D eigenvalue weighted by Crippen LogP contribution is 2.36. The Balaban J connectivity index is 1.51. The van der Waals surface area contributed by atoms with Gasteiger partial charge in [-0.1, -0.05) is 89.5 Å². The second-order valence-electron chi connectivity index (χ2n) is 9.26. The summed E-state index contributed by atoms with van der Waals surface area (Å²) in [6, 6.07) is 31.5. The van der Waals surface area contributed by atoms with Crippen molar-refractivity contribution in [1.82, 2.24) is 4.98 Å². The van der Waals surface area contributed by atoms with Gasteiger partial charge in [-0.3, -0.25) is 9.59 Å². The molecule has 3 aromatic carbocycles. The smallest absolute Gasteiger partial charge is 0.209 e. The van der Waals surface area contributed by atoms with Crippen LogP contribution in [0.1, 0.15) is 70.0 Å². The molecule has 0 amide bonds. The van der Waals surface area contributed by atoms with E-state index in [0.29, 0.717) is 21.7 Å². The van der Waals surface area contributed by atoms with Crippen molar-refractivity contribution in [2.45, 2.75) is 26.7 Å². The molecular formula is C32H27NO2S. The number of rotatable bonds is 7. The fraction of sp³-hybridized carbons (Fsp3) is 0.125. The van der Waals surface area contributed by atoms with E-state index in [9.17, 15) is 9.59 Å². The third-order valence-electron chi connectivity index (χ3n) is 6.44. The second-order valence-corrected chi connectivity index (χ2v) is 10.4. The van der Waals surface area contributed by atoms with Crippen molar-refractivity contribution >= 4 is 22.9 Å². The molecule has 178 valence electrons. The Morgan fingerprint density at radius 1 is 0.611 bits per heavy atom. The SMILES string of the molecule is Cc1ccc(C(=O)c2ccc(C(c3ccc(C)cc3)c3ccc(C(=O)c4ccc(C)cc4)s3)[nH]2)cc1. The molecule has 0 saturated carbocycles. The number of carbonyl (C=O) groups is 2. The van der Waals surface area contributed by atoms with E-state index in [4.69, 9.17) is 0 Å². The Labute approximate surface area is 215 Å². The van der Waals surface area contributed by atoms with Crippen LogP contribution in [0.4, 0.5) is 0 Å². The third-order valence-corrected chi connectivity index (χ3v) is 7.59. The number of aromatic amines is 1. The zero-order valence-electron chi connectivity index (χ0n) is 20.5. The molecule has 5 aromatic rings. The Morgan fingerprint density at radius 3 is 1.72 bits per heavy atom. The Kier molecular flexibility index (Phi) is 6.53. The van der Waals surface area contributed by atoms with Crippen molar-refractivity contribution in [2.75, 3.05) is 0 Å². The summed E-state index contributed by atoms with van der Waals surface area (Å²) in [7, 11) is 0. The summed E-state index contributed by atoms with van der Waals surface area (Å²) in [5.74, 6) is -0.129. The van der Waals surface area contributed by atoms with Crippen molar-refractivity contribution in [3.63, 3.8) is 0 Å². The van der Waals surface area contributed by atoms with E-state index in [2.05, 4.69) is 36.2 Å². The minimum absolute atomic E-state index is 0.0237. The lowest BCUT2D eigenvalue weighted by Crippen LogP contribution is -2.05. The molecule has 0 aliphatic heterocycles. The van der Waals surface area contributed by atoms with Gasteiger partial charge >= 0.3 is 0 Å². The molecule has 0 bridgehead atoms. The van der Waals surface area contributed by atoms with E-state index < -0.39 is 0 Å². The third kappa shape index (κ3) is 4.86. The number of carbonyl (C=O) groups excluding carboxylic acids is 2. The van der Waals surface area contributed by atoms with Crippen molar-refractivity contribution in [3.05, 3.63) is 152 Å². The van der Waals surface area contributed by atoms with E-state index >= 15 is 0 Å². The topological polar surface area (TPSA) is 49.9 Å². The Bertz CT molecular complexity index is 1420. The van der Waals surface area contributed by atoms with E-state index in [1.54, 1.807) is 0 Å². The lowest BCUT2D eigenvalue weighted by molar-refractivity contribution is 0.103. The number of aromatic nitrogens is 1. The van der Waals surface area contributed by atoms with E-state index in [1.165, 1.54) is 16.9 Å². The standard InChI is InChI=1S/C32H27NO2S/c1-20-4-10-23(11-5-20)30(26-16-17-27(33-26)31(34)24-12-6-21(2)7-13-24)28-18-19-29(36-28)32(35)25-14-8-22(3)9-15-25/h4-19,30,33H,1-3H3. The maximum atomic E-state index is 13.1. The van der Waals surface area contributed by atoms with Gasteiger partial charge in [-0.05, 0) is 50.6 Å². The first-order valence-corrected chi connectivity index (χ1v) is 12.8. The number of H-pyrrole nitrogens is 1. The highest BCUT2D eigenvalue weighted by Gasteiger charge is 2.23. The van der Waals surface area contributed by atoms with Crippen LogP contribution in [-0.4, -0.2) is 16.6 Å². The largest absolute Gasteiger partial charge is 0.355 e. The van der Waals surface area contributed by atoms with Gasteiger partial charge in [-0.15, -0.1) is 11.3 Å². The maximum Gasteiger partial charge on any atom is 0.209 e. The Hall–Kier alpha value is -4.02. The van der Waals surface area contributed by atoms with Gasteiger partial charge in [-0.25, -0.2) is 0 Å². The van der Waals surface area contributed by atoms with Crippen LogP contribution in [0.3, 0.4) is 0 Å². The number of hydrogen-bond donors (Lipinski definition) is 1. The minimum Gasteiger partial charge on any atom is -0.355 e. The van der Waals surface area contributed by atoms with Crippen LogP contribution in [0.15, 0.2) is 97.1 Å². The number of aryl methyl sites for hydroxylation is 3.